The Morgan fingerprint density at radius 1 is 1.13 bits per heavy atom. The molecule has 0 saturated carbocycles. The van der Waals surface area contributed by atoms with Crippen LogP contribution in [0, 0.1) is 5.95 Å². The summed E-state index contributed by atoms with van der Waals surface area (Å²) in [6.45, 7) is 0. The Bertz CT molecular complexity index is 813. The van der Waals surface area contributed by atoms with Crippen LogP contribution in [0.25, 0.3) is 0 Å². The first kappa shape index (κ1) is 15.6. The van der Waals surface area contributed by atoms with Crippen molar-refractivity contribution < 1.29 is 13.4 Å². The Morgan fingerprint density at radius 3 is 2.43 bits per heavy atom. The third-order valence-electron chi connectivity index (χ3n) is 3.56. The molecule has 0 atom stereocenters. The van der Waals surface area contributed by atoms with Crippen molar-refractivity contribution in [3.63, 3.8) is 0 Å². The zero-order valence-corrected chi connectivity index (χ0v) is 13.2. The number of hydrogen-bond donors (Lipinski definition) is 1. The van der Waals surface area contributed by atoms with E-state index in [-0.39, 0.29) is 11.5 Å². The summed E-state index contributed by atoms with van der Waals surface area (Å²) in [6, 6.07) is 9.35. The summed E-state index contributed by atoms with van der Waals surface area (Å²) in [6.07, 6.45) is 3.10. The molecule has 1 saturated heterocycles. The van der Waals surface area contributed by atoms with Gasteiger partial charge >= 0.3 is 0 Å². The van der Waals surface area contributed by atoms with Crippen LogP contribution < -0.4 is 5.32 Å². The van der Waals surface area contributed by atoms with Crippen LogP contribution in [0.4, 0.5) is 15.8 Å². The molecule has 0 bridgehead atoms. The van der Waals surface area contributed by atoms with Crippen LogP contribution in [0.3, 0.4) is 0 Å². The van der Waals surface area contributed by atoms with Crippen LogP contribution >= 0.6 is 0 Å². The first-order valence-electron chi connectivity index (χ1n) is 7.30. The third kappa shape index (κ3) is 3.92. The van der Waals surface area contributed by atoms with Crippen LogP contribution in [0.2, 0.25) is 0 Å². The van der Waals surface area contributed by atoms with Gasteiger partial charge in [-0.1, -0.05) is 0 Å². The molecular weight excluding hydrogens is 317 g/mol. The van der Waals surface area contributed by atoms with Crippen molar-refractivity contribution >= 4 is 27.0 Å². The SMILES string of the molecule is O=C(Nc1ccc(N=S2(=O)CCCC2)cc1)c1ccc(F)nc1. The second kappa shape index (κ2) is 6.45. The second-order valence-electron chi connectivity index (χ2n) is 5.35. The summed E-state index contributed by atoms with van der Waals surface area (Å²) < 4.78 is 29.4. The molecule has 23 heavy (non-hydrogen) atoms. The molecule has 2 heterocycles. The molecule has 1 aromatic heterocycles. The van der Waals surface area contributed by atoms with Gasteiger partial charge in [-0.2, -0.15) is 8.75 Å². The van der Waals surface area contributed by atoms with Crippen molar-refractivity contribution in [1.82, 2.24) is 4.98 Å². The van der Waals surface area contributed by atoms with E-state index in [0.717, 1.165) is 18.9 Å². The topological polar surface area (TPSA) is 71.4 Å². The molecule has 1 aliphatic heterocycles. The van der Waals surface area contributed by atoms with Crippen LogP contribution in [0.15, 0.2) is 47.0 Å². The van der Waals surface area contributed by atoms with Gasteiger partial charge in [0, 0.05) is 23.4 Å². The normalized spacial score (nSPS) is 16.0. The Morgan fingerprint density at radius 2 is 1.83 bits per heavy atom. The van der Waals surface area contributed by atoms with Crippen molar-refractivity contribution in [2.75, 3.05) is 16.8 Å². The summed E-state index contributed by atoms with van der Waals surface area (Å²) in [4.78, 5) is 15.4. The predicted molar refractivity (Wildman–Crippen MR) is 87.8 cm³/mol. The maximum atomic E-state index is 12.7. The summed E-state index contributed by atoms with van der Waals surface area (Å²) >= 11 is 0. The monoisotopic (exact) mass is 333 g/mol. The van der Waals surface area contributed by atoms with Crippen molar-refractivity contribution in [2.45, 2.75) is 12.8 Å². The number of anilines is 1. The van der Waals surface area contributed by atoms with E-state index in [1.165, 1.54) is 12.3 Å². The quantitative estimate of drug-likeness (QED) is 0.876. The maximum Gasteiger partial charge on any atom is 0.257 e. The minimum absolute atomic E-state index is 0.272. The Hall–Kier alpha value is -2.28. The largest absolute Gasteiger partial charge is 0.322 e. The predicted octanol–water partition coefficient (Wildman–Crippen LogP) is 3.37. The lowest BCUT2D eigenvalue weighted by Gasteiger charge is -2.06. The highest BCUT2D eigenvalue weighted by Crippen LogP contribution is 2.22. The lowest BCUT2D eigenvalue weighted by molar-refractivity contribution is 0.102. The number of benzene rings is 1. The summed E-state index contributed by atoms with van der Waals surface area (Å²) in [5.41, 5.74) is 1.51. The highest BCUT2D eigenvalue weighted by atomic mass is 32.2. The fourth-order valence-electron chi connectivity index (χ4n) is 2.36. The van der Waals surface area contributed by atoms with E-state index in [1.807, 2.05) is 0 Å². The number of pyridine rings is 1. The van der Waals surface area contributed by atoms with Gasteiger partial charge in [0.05, 0.1) is 21.0 Å². The van der Waals surface area contributed by atoms with E-state index in [9.17, 15) is 13.4 Å². The van der Waals surface area contributed by atoms with Gasteiger partial charge in [0.25, 0.3) is 5.91 Å². The summed E-state index contributed by atoms with van der Waals surface area (Å²) in [7, 11) is -2.10. The van der Waals surface area contributed by atoms with Crippen molar-refractivity contribution in [3.05, 3.63) is 54.1 Å². The maximum absolute atomic E-state index is 12.7. The van der Waals surface area contributed by atoms with E-state index in [0.29, 0.717) is 22.9 Å². The minimum atomic E-state index is -2.10. The third-order valence-corrected chi connectivity index (χ3v) is 5.96. The number of carbonyl (C=O) groups is 1. The number of nitrogens with zero attached hydrogens (tertiary/aromatic N) is 2. The molecule has 0 radical (unpaired) electrons. The highest BCUT2D eigenvalue weighted by Gasteiger charge is 2.16. The molecule has 1 aliphatic rings. The zero-order chi connectivity index (χ0) is 16.3. The summed E-state index contributed by atoms with van der Waals surface area (Å²) in [5, 5.41) is 2.69. The lowest BCUT2D eigenvalue weighted by atomic mass is 10.2. The molecule has 0 aliphatic carbocycles. The number of halogens is 1. The minimum Gasteiger partial charge on any atom is -0.322 e. The first-order valence-corrected chi connectivity index (χ1v) is 9.15. The average molecular weight is 333 g/mol. The van der Waals surface area contributed by atoms with E-state index < -0.39 is 15.7 Å². The number of nitrogens with one attached hydrogen (secondary N) is 1. The van der Waals surface area contributed by atoms with Gasteiger partial charge in [0.15, 0.2) is 0 Å². The fraction of sp³-hybridized carbons (Fsp3) is 0.250. The Labute approximate surface area is 134 Å². The van der Waals surface area contributed by atoms with E-state index in [1.54, 1.807) is 24.3 Å². The molecule has 5 nitrogen and oxygen atoms in total. The molecule has 120 valence electrons. The van der Waals surface area contributed by atoms with Gasteiger partial charge in [-0.05, 0) is 49.2 Å². The van der Waals surface area contributed by atoms with Crippen molar-refractivity contribution in [2.24, 2.45) is 4.36 Å². The molecule has 3 rings (SSSR count). The Kier molecular flexibility index (Phi) is 4.38. The van der Waals surface area contributed by atoms with Gasteiger partial charge < -0.3 is 5.32 Å². The molecule has 2 aromatic rings. The van der Waals surface area contributed by atoms with Crippen molar-refractivity contribution in [3.8, 4) is 0 Å². The van der Waals surface area contributed by atoms with Gasteiger partial charge in [-0.15, -0.1) is 0 Å². The molecule has 0 unspecified atom stereocenters. The van der Waals surface area contributed by atoms with Crippen molar-refractivity contribution in [1.29, 1.82) is 0 Å². The average Bonchev–Trinajstić information content (AvgIpc) is 2.96. The van der Waals surface area contributed by atoms with Gasteiger partial charge in [0.2, 0.25) is 5.95 Å². The van der Waals surface area contributed by atoms with Crippen LogP contribution in [0.1, 0.15) is 23.2 Å². The smallest absolute Gasteiger partial charge is 0.257 e. The van der Waals surface area contributed by atoms with Gasteiger partial charge in [-0.25, -0.2) is 9.19 Å². The molecule has 1 aromatic carbocycles. The number of amides is 1. The second-order valence-corrected chi connectivity index (χ2v) is 7.89. The van der Waals surface area contributed by atoms with Gasteiger partial charge in [-0.3, -0.25) is 4.79 Å². The number of carbonyl (C=O) groups excluding carboxylic acids is 1. The number of aromatic nitrogens is 1. The Balaban J connectivity index is 1.71. The molecule has 1 fully saturated rings. The fourth-order valence-corrected chi connectivity index (χ4v) is 4.56. The van der Waals surface area contributed by atoms with Crippen LogP contribution in [-0.2, 0) is 9.73 Å². The molecular formula is C16H16FN3O2S. The summed E-state index contributed by atoms with van der Waals surface area (Å²) in [5.74, 6) is 0.309. The zero-order valence-electron chi connectivity index (χ0n) is 12.4. The van der Waals surface area contributed by atoms with E-state index in [4.69, 9.17) is 0 Å². The number of hydrogen-bond acceptors (Lipinski definition) is 4. The van der Waals surface area contributed by atoms with E-state index >= 15 is 0 Å². The lowest BCUT2D eigenvalue weighted by Crippen LogP contribution is -2.12. The van der Waals surface area contributed by atoms with Crippen LogP contribution in [0.5, 0.6) is 0 Å². The van der Waals surface area contributed by atoms with E-state index in [2.05, 4.69) is 14.7 Å². The number of rotatable bonds is 3. The molecule has 7 heteroatoms. The molecule has 1 amide bonds. The highest BCUT2D eigenvalue weighted by molar-refractivity contribution is 7.93. The standard InChI is InChI=1S/C16H16FN3O2S/c17-15-8-3-12(11-18-15)16(21)19-13-4-6-14(7-5-13)20-23(22)9-1-2-10-23/h3-8,11H,1-2,9-10H2,(H,19,21). The first-order chi connectivity index (χ1) is 11.0. The molecule has 0 spiro atoms. The van der Waals surface area contributed by atoms with Crippen LogP contribution in [-0.4, -0.2) is 26.6 Å². The van der Waals surface area contributed by atoms with Gasteiger partial charge in [0.1, 0.15) is 0 Å². The molecule has 1 N–H and O–H groups in total.